The summed E-state index contributed by atoms with van der Waals surface area (Å²) in [5.41, 5.74) is 0.712. The summed E-state index contributed by atoms with van der Waals surface area (Å²) in [4.78, 5) is 59.2. The number of nitrogens with one attached hydrogen (secondary N) is 2. The number of allylic oxidation sites excluding steroid dienone is 4. The number of aliphatic hydroxyl groups excluding tert-OH is 1. The number of fused-ring (bicyclic) bond motifs is 1. The van der Waals surface area contributed by atoms with Crippen LogP contribution in [-0.2, 0) is 28.8 Å². The third kappa shape index (κ3) is 5.57. The van der Waals surface area contributed by atoms with Crippen molar-refractivity contribution in [2.45, 2.75) is 24.8 Å². The van der Waals surface area contributed by atoms with E-state index in [0.29, 0.717) is 22.7 Å². The molecule has 4 rings (SSSR count). The van der Waals surface area contributed by atoms with E-state index < -0.39 is 35.2 Å². The number of anilines is 1. The van der Waals surface area contributed by atoms with E-state index in [4.69, 9.17) is 9.57 Å². The van der Waals surface area contributed by atoms with Crippen LogP contribution in [-0.4, -0.2) is 80.4 Å². The van der Waals surface area contributed by atoms with E-state index in [2.05, 4.69) is 20.8 Å². The van der Waals surface area contributed by atoms with Crippen molar-refractivity contribution in [3.8, 4) is 0 Å². The van der Waals surface area contributed by atoms with Crippen LogP contribution in [0.1, 0.15) is 19.0 Å². The minimum atomic E-state index is -1.33. The molecule has 1 fully saturated rings. The molecule has 13 nitrogen and oxygen atoms in total. The Hall–Kier alpha value is -4.11. The van der Waals surface area contributed by atoms with Crippen LogP contribution in [0.4, 0.5) is 5.13 Å². The molecule has 0 spiro atoms. The fraction of sp³-hybridized carbons (Fsp3) is 0.304. The molecular weight excluding hydrogens is 538 g/mol. The van der Waals surface area contributed by atoms with Crippen molar-refractivity contribution in [2.24, 2.45) is 5.16 Å². The van der Waals surface area contributed by atoms with Crippen molar-refractivity contribution >= 4 is 57.7 Å². The zero-order chi connectivity index (χ0) is 27.4. The number of carboxylic acid groups (broad SMARTS) is 1. The van der Waals surface area contributed by atoms with Gasteiger partial charge in [0.25, 0.3) is 11.8 Å². The number of aromatic nitrogens is 1. The Morgan fingerprint density at radius 3 is 2.84 bits per heavy atom. The Morgan fingerprint density at radius 1 is 1.37 bits per heavy atom. The van der Waals surface area contributed by atoms with Crippen molar-refractivity contribution in [1.82, 2.24) is 15.2 Å². The first-order valence-corrected chi connectivity index (χ1v) is 13.1. The summed E-state index contributed by atoms with van der Waals surface area (Å²) >= 11 is 2.43. The van der Waals surface area contributed by atoms with Gasteiger partial charge in [-0.25, -0.2) is 9.78 Å². The highest BCUT2D eigenvalue weighted by atomic mass is 32.2. The molecule has 3 heterocycles. The highest BCUT2D eigenvalue weighted by molar-refractivity contribution is 8.00. The third-order valence-corrected chi connectivity index (χ3v) is 7.67. The van der Waals surface area contributed by atoms with Crippen LogP contribution in [0.25, 0.3) is 0 Å². The minimum Gasteiger partial charge on any atom is -0.508 e. The summed E-state index contributed by atoms with van der Waals surface area (Å²) in [6.45, 7) is 0.958. The number of rotatable bonds is 9. The summed E-state index contributed by atoms with van der Waals surface area (Å²) in [6, 6.07) is -1.01. The highest BCUT2D eigenvalue weighted by Crippen LogP contribution is 2.40. The number of carbonyl (C=O) groups excluding carboxylic acids is 3. The second-order valence-corrected chi connectivity index (χ2v) is 10.0. The van der Waals surface area contributed by atoms with Crippen LogP contribution in [0.3, 0.4) is 0 Å². The van der Waals surface area contributed by atoms with E-state index >= 15 is 0 Å². The second-order valence-electron chi connectivity index (χ2n) is 8.06. The summed E-state index contributed by atoms with van der Waals surface area (Å²) in [5, 5.41) is 30.3. The summed E-state index contributed by atoms with van der Waals surface area (Å²) in [6.07, 6.45) is 7.36. The van der Waals surface area contributed by atoms with Gasteiger partial charge in [-0.3, -0.25) is 19.3 Å². The molecule has 1 aromatic heterocycles. The first-order chi connectivity index (χ1) is 18.2. The van der Waals surface area contributed by atoms with E-state index in [1.807, 2.05) is 6.08 Å². The number of carboxylic acids is 1. The van der Waals surface area contributed by atoms with Gasteiger partial charge in [0.15, 0.2) is 10.8 Å². The van der Waals surface area contributed by atoms with Crippen LogP contribution in [0.5, 0.6) is 0 Å². The number of nitrogens with zero attached hydrogens (tertiary/aromatic N) is 3. The Balaban J connectivity index is 1.45. The van der Waals surface area contributed by atoms with Gasteiger partial charge in [-0.2, -0.15) is 0 Å². The second kappa shape index (κ2) is 11.5. The molecule has 1 aliphatic carbocycles. The van der Waals surface area contributed by atoms with Crippen LogP contribution in [0, 0.1) is 0 Å². The number of hydrogen-bond donors (Lipinski definition) is 4. The van der Waals surface area contributed by atoms with Gasteiger partial charge >= 0.3 is 11.9 Å². The number of oxime groups is 1. The molecule has 15 heteroatoms. The lowest BCUT2D eigenvalue weighted by atomic mass is 10.0. The number of thiazole rings is 1. The predicted octanol–water partition coefficient (Wildman–Crippen LogP) is 1.49. The molecule has 1 aromatic rings. The normalized spacial score (nSPS) is 21.9. The Labute approximate surface area is 224 Å². The maximum absolute atomic E-state index is 13.1. The van der Waals surface area contributed by atoms with Gasteiger partial charge in [-0.1, -0.05) is 17.3 Å². The number of aliphatic carboxylic acids is 1. The van der Waals surface area contributed by atoms with Crippen molar-refractivity contribution in [3.63, 3.8) is 0 Å². The van der Waals surface area contributed by atoms with Crippen molar-refractivity contribution in [3.05, 3.63) is 58.1 Å². The number of thioether (sulfide) groups is 1. The quantitative estimate of drug-likeness (QED) is 0.148. The van der Waals surface area contributed by atoms with Crippen LogP contribution in [0.2, 0.25) is 0 Å². The maximum atomic E-state index is 13.1. The molecule has 200 valence electrons. The number of amides is 2. The number of ether oxygens (including phenoxy) is 1. The van der Waals surface area contributed by atoms with Gasteiger partial charge in [0.2, 0.25) is 0 Å². The molecule has 3 aliphatic rings. The Kier molecular flexibility index (Phi) is 8.16. The number of β-lactam (4-membered cyclic amide) rings is 1. The smallest absolute Gasteiger partial charge is 0.352 e. The van der Waals surface area contributed by atoms with E-state index in [0.717, 1.165) is 4.90 Å². The number of carbonyl (C=O) groups is 4. The summed E-state index contributed by atoms with van der Waals surface area (Å²) in [5.74, 6) is -2.92. The number of esters is 1. The molecule has 0 saturated carbocycles. The molecule has 0 unspecified atom stereocenters. The molecule has 0 bridgehead atoms. The highest BCUT2D eigenvalue weighted by Gasteiger charge is 2.54. The lowest BCUT2D eigenvalue weighted by molar-refractivity contribution is -0.150. The first kappa shape index (κ1) is 26.9. The van der Waals surface area contributed by atoms with Gasteiger partial charge in [-0.15, -0.1) is 23.1 Å². The molecule has 2 atom stereocenters. The van der Waals surface area contributed by atoms with E-state index in [1.54, 1.807) is 23.7 Å². The first-order valence-electron chi connectivity index (χ1n) is 11.1. The average Bonchev–Trinajstić information content (AvgIpc) is 3.36. The topological polar surface area (TPSA) is 180 Å². The molecule has 4 N–H and O–H groups in total. The monoisotopic (exact) mass is 561 g/mol. The maximum Gasteiger partial charge on any atom is 0.352 e. The largest absolute Gasteiger partial charge is 0.508 e. The van der Waals surface area contributed by atoms with E-state index in [9.17, 15) is 29.4 Å². The Bertz CT molecular complexity index is 1330. The van der Waals surface area contributed by atoms with Gasteiger partial charge in [0.05, 0.1) is 0 Å². The zero-order valence-corrected chi connectivity index (χ0v) is 21.8. The van der Waals surface area contributed by atoms with Gasteiger partial charge in [-0.05, 0) is 12.5 Å². The molecule has 2 aliphatic heterocycles. The van der Waals surface area contributed by atoms with Crippen molar-refractivity contribution in [1.29, 1.82) is 0 Å². The molecule has 0 radical (unpaired) electrons. The average molecular weight is 562 g/mol. The standard InChI is InChI=1S/C23H23N5O8S2/c1-11(29)36-8-13-9-37-21-17(20(32)28(21)18(13)22(33)34)26-19(31)16(27-35-2)14-10-38-23(25-14)24-7-12-5-3-4-6-15(12)30/h3-4,6-7,10,17,21,30H,5,8-9H2,1-2H3,(H,24,25)(H,26,31)(H,33,34)/t17-,21-/m1/s1. The third-order valence-electron chi connectivity index (χ3n) is 5.56. The lowest BCUT2D eigenvalue weighted by Gasteiger charge is -2.49. The summed E-state index contributed by atoms with van der Waals surface area (Å²) < 4.78 is 4.92. The van der Waals surface area contributed by atoms with Crippen molar-refractivity contribution in [2.75, 3.05) is 24.8 Å². The SMILES string of the molecule is CON=C(C(=O)N[C@@H]1C(=O)N2C(C(=O)O)=C(COC(C)=O)CS[C@H]12)c1csc(NC=C2CC=CC=C2O)n1. The Morgan fingerprint density at radius 2 is 2.16 bits per heavy atom. The zero-order valence-electron chi connectivity index (χ0n) is 20.2. The summed E-state index contributed by atoms with van der Waals surface area (Å²) in [7, 11) is 1.26. The van der Waals surface area contributed by atoms with Crippen molar-refractivity contribution < 1.29 is 39.0 Å². The van der Waals surface area contributed by atoms with Crippen LogP contribution in [0.15, 0.2) is 57.6 Å². The number of hydrogen-bond acceptors (Lipinski definition) is 12. The molecule has 38 heavy (non-hydrogen) atoms. The molecule has 2 amide bonds. The fourth-order valence-corrected chi connectivity index (χ4v) is 5.78. The molecular formula is C23H23N5O8S2. The van der Waals surface area contributed by atoms with Gasteiger partial charge in [0, 0.05) is 35.4 Å². The number of aliphatic hydroxyl groups is 1. The van der Waals surface area contributed by atoms with Gasteiger partial charge in [0.1, 0.15) is 42.3 Å². The van der Waals surface area contributed by atoms with E-state index in [-0.39, 0.29) is 35.2 Å². The van der Waals surface area contributed by atoms with Crippen LogP contribution < -0.4 is 10.6 Å². The lowest BCUT2D eigenvalue weighted by Crippen LogP contribution is -2.71. The van der Waals surface area contributed by atoms with Gasteiger partial charge < -0.3 is 30.4 Å². The fourth-order valence-electron chi connectivity index (χ4n) is 3.78. The molecule has 1 saturated heterocycles. The molecule has 0 aromatic carbocycles. The minimum absolute atomic E-state index is 0.136. The van der Waals surface area contributed by atoms with Crippen LogP contribution >= 0.6 is 23.1 Å². The predicted molar refractivity (Wildman–Crippen MR) is 138 cm³/mol. The van der Waals surface area contributed by atoms with E-state index in [1.165, 1.54) is 37.1 Å².